The zero-order chi connectivity index (χ0) is 14.7. The molecule has 0 aromatic carbocycles. The first-order valence-electron chi connectivity index (χ1n) is 8.28. The van der Waals surface area contributed by atoms with Crippen LogP contribution in [0.2, 0.25) is 0 Å². The summed E-state index contributed by atoms with van der Waals surface area (Å²) in [6, 6.07) is 0. The van der Waals surface area contributed by atoms with Crippen molar-refractivity contribution in [2.45, 2.75) is 45.4 Å². The van der Waals surface area contributed by atoms with Crippen LogP contribution in [0.3, 0.4) is 0 Å². The maximum atomic E-state index is 12.7. The average Bonchev–Trinajstić information content (AvgIpc) is 2.76. The van der Waals surface area contributed by atoms with Crippen LogP contribution >= 0.6 is 0 Å². The molecular formula is C16H25N3O2. The van der Waals surface area contributed by atoms with Crippen LogP contribution in [0.5, 0.6) is 0 Å². The Morgan fingerprint density at radius 1 is 1.14 bits per heavy atom. The number of aromatic nitrogens is 1. The summed E-state index contributed by atoms with van der Waals surface area (Å²) in [6.45, 7) is 6.88. The highest BCUT2D eigenvalue weighted by atomic mass is 16.5. The number of hydrogen-bond donors (Lipinski definition) is 0. The van der Waals surface area contributed by atoms with E-state index < -0.39 is 0 Å². The highest BCUT2D eigenvalue weighted by molar-refractivity contribution is 5.94. The number of fused-ring (bicyclic) bond motifs is 1. The van der Waals surface area contributed by atoms with Gasteiger partial charge in [-0.2, -0.15) is 0 Å². The fourth-order valence-corrected chi connectivity index (χ4v) is 3.37. The summed E-state index contributed by atoms with van der Waals surface area (Å²) in [5.74, 6) is 1.01. The molecular weight excluding hydrogens is 266 g/mol. The number of carbonyl (C=O) groups excluding carboxylic acids is 1. The summed E-state index contributed by atoms with van der Waals surface area (Å²) in [6.07, 6.45) is 6.54. The summed E-state index contributed by atoms with van der Waals surface area (Å²) >= 11 is 0. The first-order chi connectivity index (χ1) is 10.3. The Hall–Kier alpha value is -1.36. The third kappa shape index (κ3) is 3.12. The monoisotopic (exact) mass is 291 g/mol. The molecule has 0 spiro atoms. The van der Waals surface area contributed by atoms with Crippen molar-refractivity contribution in [1.82, 2.24) is 15.0 Å². The molecule has 1 aromatic heterocycles. The number of rotatable bonds is 3. The molecule has 1 aromatic rings. The smallest absolute Gasteiger partial charge is 0.276 e. The number of piperazine rings is 1. The van der Waals surface area contributed by atoms with Crippen molar-refractivity contribution in [2.75, 3.05) is 32.7 Å². The lowest BCUT2D eigenvalue weighted by Gasteiger charge is -2.34. The molecule has 0 atom stereocenters. The molecule has 0 bridgehead atoms. The van der Waals surface area contributed by atoms with Crippen LogP contribution in [-0.4, -0.2) is 53.6 Å². The predicted octanol–water partition coefficient (Wildman–Crippen LogP) is 2.11. The van der Waals surface area contributed by atoms with E-state index in [2.05, 4.69) is 17.0 Å². The molecule has 0 radical (unpaired) electrons. The molecule has 5 heteroatoms. The fourth-order valence-electron chi connectivity index (χ4n) is 3.37. The van der Waals surface area contributed by atoms with E-state index in [4.69, 9.17) is 4.52 Å². The molecule has 116 valence electrons. The van der Waals surface area contributed by atoms with E-state index in [0.717, 1.165) is 69.7 Å². The molecule has 2 aliphatic rings. The summed E-state index contributed by atoms with van der Waals surface area (Å²) in [5, 5.41) is 4.09. The van der Waals surface area contributed by atoms with E-state index in [1.54, 1.807) is 0 Å². The van der Waals surface area contributed by atoms with Gasteiger partial charge in [-0.3, -0.25) is 9.69 Å². The molecule has 0 unspecified atom stereocenters. The van der Waals surface area contributed by atoms with E-state index in [1.165, 1.54) is 12.8 Å². The normalized spacial score (nSPS) is 20.1. The lowest BCUT2D eigenvalue weighted by atomic mass is 10.1. The Morgan fingerprint density at radius 2 is 1.90 bits per heavy atom. The maximum Gasteiger partial charge on any atom is 0.276 e. The molecule has 1 aliphatic heterocycles. The lowest BCUT2D eigenvalue weighted by molar-refractivity contribution is 0.0626. The van der Waals surface area contributed by atoms with Crippen molar-refractivity contribution >= 4 is 5.91 Å². The average molecular weight is 291 g/mol. The first kappa shape index (κ1) is 14.6. The van der Waals surface area contributed by atoms with Gasteiger partial charge in [0.1, 0.15) is 5.76 Å². The van der Waals surface area contributed by atoms with Crippen molar-refractivity contribution in [1.29, 1.82) is 0 Å². The second kappa shape index (κ2) is 6.60. The SMILES string of the molecule is CCCN1CCN(C(=O)c2noc3c2CCCCC3)CC1. The van der Waals surface area contributed by atoms with Crippen LogP contribution in [0.15, 0.2) is 4.52 Å². The van der Waals surface area contributed by atoms with Gasteiger partial charge >= 0.3 is 0 Å². The highest BCUT2D eigenvalue weighted by Crippen LogP contribution is 2.24. The van der Waals surface area contributed by atoms with Gasteiger partial charge in [0, 0.05) is 38.2 Å². The van der Waals surface area contributed by atoms with Gasteiger partial charge < -0.3 is 9.42 Å². The highest BCUT2D eigenvalue weighted by Gasteiger charge is 2.28. The minimum Gasteiger partial charge on any atom is -0.360 e. The van der Waals surface area contributed by atoms with E-state index in [9.17, 15) is 4.79 Å². The fraction of sp³-hybridized carbons (Fsp3) is 0.750. The summed E-state index contributed by atoms with van der Waals surface area (Å²) < 4.78 is 5.43. The van der Waals surface area contributed by atoms with Crippen LogP contribution in [-0.2, 0) is 12.8 Å². The number of amides is 1. The van der Waals surface area contributed by atoms with Crippen molar-refractivity contribution in [3.8, 4) is 0 Å². The van der Waals surface area contributed by atoms with Crippen LogP contribution in [0.25, 0.3) is 0 Å². The summed E-state index contributed by atoms with van der Waals surface area (Å²) in [5.41, 5.74) is 1.66. The van der Waals surface area contributed by atoms with Gasteiger partial charge in [-0.25, -0.2) is 0 Å². The molecule has 1 amide bonds. The molecule has 1 fully saturated rings. The van der Waals surface area contributed by atoms with E-state index >= 15 is 0 Å². The van der Waals surface area contributed by atoms with Crippen molar-refractivity contribution in [2.24, 2.45) is 0 Å². The third-order valence-corrected chi connectivity index (χ3v) is 4.60. The van der Waals surface area contributed by atoms with Crippen LogP contribution in [0.1, 0.15) is 54.4 Å². The Morgan fingerprint density at radius 3 is 2.67 bits per heavy atom. The van der Waals surface area contributed by atoms with Crippen molar-refractivity contribution in [3.05, 3.63) is 17.0 Å². The quantitative estimate of drug-likeness (QED) is 0.800. The molecule has 2 heterocycles. The number of carbonyl (C=O) groups is 1. The topological polar surface area (TPSA) is 49.6 Å². The molecule has 1 aliphatic carbocycles. The molecule has 3 rings (SSSR count). The maximum absolute atomic E-state index is 12.7. The summed E-state index contributed by atoms with van der Waals surface area (Å²) in [4.78, 5) is 17.1. The largest absolute Gasteiger partial charge is 0.360 e. The van der Waals surface area contributed by atoms with Crippen LogP contribution < -0.4 is 0 Å². The Kier molecular flexibility index (Phi) is 4.58. The predicted molar refractivity (Wildman–Crippen MR) is 80.4 cm³/mol. The van der Waals surface area contributed by atoms with Gasteiger partial charge in [0.25, 0.3) is 5.91 Å². The second-order valence-corrected chi connectivity index (χ2v) is 6.13. The standard InChI is InChI=1S/C16H25N3O2/c1-2-8-18-9-11-19(12-10-18)16(20)15-13-6-4-3-5-7-14(13)21-17-15/h2-12H2,1H3. The molecule has 0 N–H and O–H groups in total. The number of hydrogen-bond acceptors (Lipinski definition) is 4. The molecule has 0 saturated carbocycles. The molecule has 21 heavy (non-hydrogen) atoms. The lowest BCUT2D eigenvalue weighted by Crippen LogP contribution is -2.49. The minimum atomic E-state index is 0.0676. The first-order valence-corrected chi connectivity index (χ1v) is 8.28. The van der Waals surface area contributed by atoms with Gasteiger partial charge in [0.2, 0.25) is 0 Å². The second-order valence-electron chi connectivity index (χ2n) is 6.13. The zero-order valence-electron chi connectivity index (χ0n) is 12.9. The number of nitrogens with zero attached hydrogens (tertiary/aromatic N) is 3. The minimum absolute atomic E-state index is 0.0676. The number of aryl methyl sites for hydroxylation is 1. The van der Waals surface area contributed by atoms with Crippen molar-refractivity contribution < 1.29 is 9.32 Å². The van der Waals surface area contributed by atoms with E-state index in [-0.39, 0.29) is 5.91 Å². The molecule has 5 nitrogen and oxygen atoms in total. The van der Waals surface area contributed by atoms with Crippen molar-refractivity contribution in [3.63, 3.8) is 0 Å². The Balaban J connectivity index is 1.67. The molecule has 1 saturated heterocycles. The van der Waals surface area contributed by atoms with Gasteiger partial charge in [-0.1, -0.05) is 18.5 Å². The van der Waals surface area contributed by atoms with Gasteiger partial charge in [-0.05, 0) is 32.2 Å². The van der Waals surface area contributed by atoms with E-state index in [0.29, 0.717) is 5.69 Å². The zero-order valence-corrected chi connectivity index (χ0v) is 12.9. The van der Waals surface area contributed by atoms with Gasteiger partial charge in [0.15, 0.2) is 5.69 Å². The van der Waals surface area contributed by atoms with E-state index in [1.807, 2.05) is 4.90 Å². The Bertz CT molecular complexity index is 490. The third-order valence-electron chi connectivity index (χ3n) is 4.60. The van der Waals surface area contributed by atoms with Crippen LogP contribution in [0.4, 0.5) is 0 Å². The Labute approximate surface area is 126 Å². The van der Waals surface area contributed by atoms with Crippen LogP contribution in [0, 0.1) is 0 Å². The van der Waals surface area contributed by atoms with Gasteiger partial charge in [-0.15, -0.1) is 0 Å². The van der Waals surface area contributed by atoms with Gasteiger partial charge in [0.05, 0.1) is 0 Å². The summed E-state index contributed by atoms with van der Waals surface area (Å²) in [7, 11) is 0.